The van der Waals surface area contributed by atoms with Crippen molar-refractivity contribution in [3.05, 3.63) is 45.0 Å². The molecule has 2 aromatic heterocycles. The predicted molar refractivity (Wildman–Crippen MR) is 112 cm³/mol. The zero-order valence-electron chi connectivity index (χ0n) is 17.4. The number of furan rings is 1. The Morgan fingerprint density at radius 1 is 1.07 bits per heavy atom. The van der Waals surface area contributed by atoms with E-state index in [0.717, 1.165) is 40.5 Å². The molecule has 4 rings (SSSR count). The molecule has 1 aromatic carbocycles. The number of carbonyl (C=O) groups is 2. The highest BCUT2D eigenvalue weighted by Gasteiger charge is 2.31. The standard InChI is InChI=1S/C23H25NO6/c1-12-14(3)29-19-11-20-17(10-16(12)19)13(2)15(23(28)30-20)7-8-21(25)24-9-5-4-6-18(24)22(26)27/h10-11,18H,4-9H2,1-3H3,(H,26,27). The smallest absolute Gasteiger partial charge is 0.339 e. The quantitative estimate of drug-likeness (QED) is 0.654. The summed E-state index contributed by atoms with van der Waals surface area (Å²) in [5.74, 6) is -0.391. The number of likely N-dealkylation sites (tertiary alicyclic amines) is 1. The number of aliphatic carboxylic acids is 1. The summed E-state index contributed by atoms with van der Waals surface area (Å²) < 4.78 is 11.3. The Kier molecular flexibility index (Phi) is 5.13. The number of fused-ring (bicyclic) bond motifs is 2. The van der Waals surface area contributed by atoms with Gasteiger partial charge in [0.15, 0.2) is 0 Å². The Bertz CT molecular complexity index is 1220. The topological polar surface area (TPSA) is 101 Å². The number of benzene rings is 1. The molecule has 0 spiro atoms. The minimum absolute atomic E-state index is 0.0764. The van der Waals surface area contributed by atoms with Crippen molar-refractivity contribution in [1.29, 1.82) is 0 Å². The maximum atomic E-state index is 12.7. The highest BCUT2D eigenvalue weighted by molar-refractivity contribution is 5.96. The van der Waals surface area contributed by atoms with E-state index in [0.29, 0.717) is 29.7 Å². The molecule has 0 radical (unpaired) electrons. The van der Waals surface area contributed by atoms with Crippen molar-refractivity contribution in [1.82, 2.24) is 4.90 Å². The number of amides is 1. The van der Waals surface area contributed by atoms with Crippen molar-refractivity contribution < 1.29 is 23.5 Å². The summed E-state index contributed by atoms with van der Waals surface area (Å²) in [4.78, 5) is 38.2. The van der Waals surface area contributed by atoms with Crippen LogP contribution in [0.2, 0.25) is 0 Å². The molecule has 1 aliphatic rings. The Hall–Kier alpha value is -3.09. The first-order chi connectivity index (χ1) is 14.3. The molecule has 1 N–H and O–H groups in total. The van der Waals surface area contributed by atoms with Crippen LogP contribution in [0.4, 0.5) is 0 Å². The van der Waals surface area contributed by atoms with Crippen LogP contribution in [0.25, 0.3) is 21.9 Å². The molecule has 30 heavy (non-hydrogen) atoms. The zero-order chi connectivity index (χ0) is 21.6. The van der Waals surface area contributed by atoms with Gasteiger partial charge in [-0.25, -0.2) is 9.59 Å². The van der Waals surface area contributed by atoms with Gasteiger partial charge in [0.25, 0.3) is 0 Å². The molecule has 0 aliphatic carbocycles. The fourth-order valence-corrected chi connectivity index (χ4v) is 4.38. The third-order valence-corrected chi connectivity index (χ3v) is 6.28. The van der Waals surface area contributed by atoms with Crippen molar-refractivity contribution in [2.75, 3.05) is 6.54 Å². The van der Waals surface area contributed by atoms with Crippen LogP contribution in [0.1, 0.15) is 48.1 Å². The van der Waals surface area contributed by atoms with Crippen LogP contribution >= 0.6 is 0 Å². The third kappa shape index (κ3) is 3.38. The lowest BCUT2D eigenvalue weighted by molar-refractivity contribution is -0.152. The summed E-state index contributed by atoms with van der Waals surface area (Å²) in [6.07, 6.45) is 2.36. The largest absolute Gasteiger partial charge is 0.480 e. The van der Waals surface area contributed by atoms with E-state index < -0.39 is 17.6 Å². The zero-order valence-corrected chi connectivity index (χ0v) is 17.4. The van der Waals surface area contributed by atoms with Crippen LogP contribution in [0.3, 0.4) is 0 Å². The predicted octanol–water partition coefficient (Wildman–Crippen LogP) is 3.86. The fourth-order valence-electron chi connectivity index (χ4n) is 4.38. The van der Waals surface area contributed by atoms with Crippen molar-refractivity contribution in [3.63, 3.8) is 0 Å². The summed E-state index contributed by atoms with van der Waals surface area (Å²) in [6, 6.07) is 2.92. The lowest BCUT2D eigenvalue weighted by Gasteiger charge is -2.33. The fraction of sp³-hybridized carbons (Fsp3) is 0.435. The molecule has 1 unspecified atom stereocenters. The van der Waals surface area contributed by atoms with Crippen LogP contribution in [-0.4, -0.2) is 34.5 Å². The number of aryl methyl sites for hydroxylation is 3. The van der Waals surface area contributed by atoms with E-state index in [1.54, 1.807) is 6.07 Å². The van der Waals surface area contributed by atoms with E-state index in [2.05, 4.69) is 0 Å². The third-order valence-electron chi connectivity index (χ3n) is 6.28. The Balaban J connectivity index is 1.64. The SMILES string of the molecule is Cc1oc2cc3oc(=O)c(CCC(=O)N4CCCCC4C(=O)O)c(C)c3cc2c1C. The summed E-state index contributed by atoms with van der Waals surface area (Å²) >= 11 is 0. The number of carboxylic acid groups (broad SMARTS) is 1. The highest BCUT2D eigenvalue weighted by atomic mass is 16.4. The normalized spacial score (nSPS) is 17.0. The van der Waals surface area contributed by atoms with Crippen LogP contribution in [0.15, 0.2) is 25.8 Å². The van der Waals surface area contributed by atoms with E-state index in [9.17, 15) is 19.5 Å². The molecule has 0 bridgehead atoms. The van der Waals surface area contributed by atoms with E-state index in [4.69, 9.17) is 8.83 Å². The van der Waals surface area contributed by atoms with Crippen LogP contribution < -0.4 is 5.63 Å². The molecular weight excluding hydrogens is 386 g/mol. The Labute approximate surface area is 173 Å². The van der Waals surface area contributed by atoms with Gasteiger partial charge in [0.2, 0.25) is 5.91 Å². The maximum absolute atomic E-state index is 12.7. The van der Waals surface area contributed by atoms with Gasteiger partial charge in [-0.15, -0.1) is 0 Å². The minimum Gasteiger partial charge on any atom is -0.480 e. The van der Waals surface area contributed by atoms with E-state index in [1.807, 2.05) is 26.8 Å². The monoisotopic (exact) mass is 411 g/mol. The van der Waals surface area contributed by atoms with Crippen LogP contribution in [-0.2, 0) is 16.0 Å². The number of carbonyl (C=O) groups excluding carboxylic acids is 1. The molecule has 158 valence electrons. The lowest BCUT2D eigenvalue weighted by Crippen LogP contribution is -2.48. The summed E-state index contributed by atoms with van der Waals surface area (Å²) in [5.41, 5.74) is 2.93. The summed E-state index contributed by atoms with van der Waals surface area (Å²) in [7, 11) is 0. The van der Waals surface area contributed by atoms with E-state index in [1.165, 1.54) is 4.90 Å². The molecule has 7 nitrogen and oxygen atoms in total. The van der Waals surface area contributed by atoms with Gasteiger partial charge in [-0.05, 0) is 63.6 Å². The Morgan fingerprint density at radius 3 is 2.50 bits per heavy atom. The van der Waals surface area contributed by atoms with Gasteiger partial charge < -0.3 is 18.8 Å². The highest BCUT2D eigenvalue weighted by Crippen LogP contribution is 2.31. The molecule has 1 fully saturated rings. The van der Waals surface area contributed by atoms with Gasteiger partial charge in [0.1, 0.15) is 23.0 Å². The van der Waals surface area contributed by atoms with Gasteiger partial charge in [0.05, 0.1) is 0 Å². The molecule has 1 amide bonds. The molecule has 0 saturated carbocycles. The van der Waals surface area contributed by atoms with Crippen molar-refractivity contribution >= 4 is 33.8 Å². The molecule has 1 saturated heterocycles. The number of nitrogens with zero attached hydrogens (tertiary/aromatic N) is 1. The number of hydrogen-bond acceptors (Lipinski definition) is 5. The average molecular weight is 411 g/mol. The Morgan fingerprint density at radius 2 is 1.77 bits per heavy atom. The van der Waals surface area contributed by atoms with Crippen molar-refractivity contribution in [2.45, 2.75) is 58.9 Å². The van der Waals surface area contributed by atoms with Crippen LogP contribution in [0.5, 0.6) is 0 Å². The molecule has 1 aliphatic heterocycles. The number of carboxylic acids is 1. The second-order valence-corrected chi connectivity index (χ2v) is 8.06. The van der Waals surface area contributed by atoms with Crippen molar-refractivity contribution in [3.8, 4) is 0 Å². The molecule has 3 aromatic rings. The number of piperidine rings is 1. The molecule has 1 atom stereocenters. The van der Waals surface area contributed by atoms with E-state index >= 15 is 0 Å². The van der Waals surface area contributed by atoms with Crippen LogP contribution in [0, 0.1) is 20.8 Å². The van der Waals surface area contributed by atoms with Gasteiger partial charge in [-0.3, -0.25) is 4.79 Å². The summed E-state index contributed by atoms with van der Waals surface area (Å²) in [5, 5.41) is 11.2. The second kappa shape index (κ2) is 7.63. The molecule has 7 heteroatoms. The first-order valence-corrected chi connectivity index (χ1v) is 10.3. The maximum Gasteiger partial charge on any atom is 0.339 e. The van der Waals surface area contributed by atoms with Gasteiger partial charge >= 0.3 is 11.6 Å². The van der Waals surface area contributed by atoms with Gasteiger partial charge in [-0.1, -0.05) is 0 Å². The molecular formula is C23H25NO6. The summed E-state index contributed by atoms with van der Waals surface area (Å²) in [6.45, 7) is 6.18. The molecule has 3 heterocycles. The first-order valence-electron chi connectivity index (χ1n) is 10.3. The lowest BCUT2D eigenvalue weighted by atomic mass is 9.98. The minimum atomic E-state index is -0.973. The van der Waals surface area contributed by atoms with Gasteiger partial charge in [0, 0.05) is 35.4 Å². The first kappa shape index (κ1) is 20.2. The van der Waals surface area contributed by atoms with E-state index in [-0.39, 0.29) is 18.7 Å². The second-order valence-electron chi connectivity index (χ2n) is 8.06. The average Bonchev–Trinajstić information content (AvgIpc) is 2.99. The van der Waals surface area contributed by atoms with Crippen molar-refractivity contribution in [2.24, 2.45) is 0 Å². The number of hydrogen-bond donors (Lipinski definition) is 1. The number of rotatable bonds is 4. The van der Waals surface area contributed by atoms with Gasteiger partial charge in [-0.2, -0.15) is 0 Å².